The van der Waals surface area contributed by atoms with Crippen molar-refractivity contribution >= 4 is 15.7 Å². The van der Waals surface area contributed by atoms with Crippen LogP contribution in [-0.2, 0) is 19.4 Å². The van der Waals surface area contributed by atoms with Crippen LogP contribution in [0.5, 0.6) is 0 Å². The molecule has 0 radical (unpaired) electrons. The molecule has 1 unspecified atom stereocenters. The Morgan fingerprint density at radius 2 is 2.00 bits per heavy atom. The number of amides is 1. The van der Waals surface area contributed by atoms with E-state index >= 15 is 0 Å². The molecule has 1 atom stereocenters. The Balaban J connectivity index is 2.73. The molecule has 0 saturated carbocycles. The molecule has 0 bridgehead atoms. The summed E-state index contributed by atoms with van der Waals surface area (Å²) in [4.78, 5) is 13.6. The second kappa shape index (κ2) is 5.17. The van der Waals surface area contributed by atoms with E-state index in [0.717, 1.165) is 0 Å². The van der Waals surface area contributed by atoms with Gasteiger partial charge in [0.05, 0.1) is 17.0 Å². The highest BCUT2D eigenvalue weighted by molar-refractivity contribution is 7.92. The number of carbonyl (C=O) groups excluding carboxylic acids is 1. The quantitative estimate of drug-likeness (QED) is 0.766. The van der Waals surface area contributed by atoms with Crippen LogP contribution in [-0.4, -0.2) is 55.0 Å². The van der Waals surface area contributed by atoms with Gasteiger partial charge in [-0.1, -0.05) is 0 Å². The summed E-state index contributed by atoms with van der Waals surface area (Å²) in [7, 11) is -3.33. The van der Waals surface area contributed by atoms with Gasteiger partial charge in [-0.3, -0.25) is 4.79 Å². The molecule has 1 fully saturated rings. The Morgan fingerprint density at radius 3 is 2.44 bits per heavy atom. The lowest BCUT2D eigenvalue weighted by molar-refractivity contribution is -0.155. The number of nitrogens with zero attached hydrogens (tertiary/aromatic N) is 1. The van der Waals surface area contributed by atoms with Crippen LogP contribution in [0.15, 0.2) is 0 Å². The number of hydrogen-bond acceptors (Lipinski definition) is 4. The highest BCUT2D eigenvalue weighted by atomic mass is 32.2. The van der Waals surface area contributed by atoms with Crippen LogP contribution in [0.25, 0.3) is 0 Å². The van der Waals surface area contributed by atoms with Crippen LogP contribution >= 0.6 is 0 Å². The monoisotopic (exact) mass is 277 g/mol. The van der Waals surface area contributed by atoms with Gasteiger partial charge in [0.25, 0.3) is 0 Å². The lowest BCUT2D eigenvalue weighted by Crippen LogP contribution is -2.55. The van der Waals surface area contributed by atoms with Crippen molar-refractivity contribution in [2.75, 3.05) is 18.8 Å². The molecule has 1 aliphatic heterocycles. The number of morpholine rings is 1. The molecule has 106 valence electrons. The molecule has 6 heteroatoms. The average molecular weight is 277 g/mol. The maximum Gasteiger partial charge on any atom is 0.237 e. The van der Waals surface area contributed by atoms with Crippen LogP contribution in [0.2, 0.25) is 0 Å². The molecule has 18 heavy (non-hydrogen) atoms. The summed E-state index contributed by atoms with van der Waals surface area (Å²) in [5.74, 6) is -0.736. The molecule has 0 aromatic carbocycles. The molecule has 0 aromatic rings. The Labute approximate surface area is 109 Å². The molecule has 0 aromatic heterocycles. The van der Waals surface area contributed by atoms with E-state index in [4.69, 9.17) is 4.74 Å². The average Bonchev–Trinajstić information content (AvgIpc) is 2.13. The third-order valence-electron chi connectivity index (χ3n) is 2.96. The molecule has 0 aliphatic carbocycles. The number of sulfone groups is 1. The first kappa shape index (κ1) is 15.4. The number of ether oxygens (including phenoxy) is 1. The second-order valence-corrected chi connectivity index (χ2v) is 8.38. The van der Waals surface area contributed by atoms with Crippen molar-refractivity contribution < 1.29 is 17.9 Å². The first-order valence-corrected chi connectivity index (χ1v) is 7.92. The van der Waals surface area contributed by atoms with Crippen LogP contribution in [0.3, 0.4) is 0 Å². The van der Waals surface area contributed by atoms with Gasteiger partial charge in [0, 0.05) is 13.1 Å². The predicted octanol–water partition coefficient (Wildman–Crippen LogP) is 0.835. The minimum Gasteiger partial charge on any atom is -0.369 e. The molecule has 1 saturated heterocycles. The summed E-state index contributed by atoms with van der Waals surface area (Å²) in [6, 6.07) is 0. The summed E-state index contributed by atoms with van der Waals surface area (Å²) >= 11 is 0. The van der Waals surface area contributed by atoms with E-state index in [2.05, 4.69) is 0 Å². The van der Waals surface area contributed by atoms with Gasteiger partial charge >= 0.3 is 0 Å². The third-order valence-corrected chi connectivity index (χ3v) is 5.05. The number of carbonyl (C=O) groups is 1. The van der Waals surface area contributed by atoms with Gasteiger partial charge in [0.1, 0.15) is 5.75 Å². The summed E-state index contributed by atoms with van der Waals surface area (Å²) < 4.78 is 29.2. The van der Waals surface area contributed by atoms with Gasteiger partial charge in [0.15, 0.2) is 9.84 Å². The van der Waals surface area contributed by atoms with E-state index in [-0.39, 0.29) is 12.0 Å². The minimum atomic E-state index is -3.33. The summed E-state index contributed by atoms with van der Waals surface area (Å²) in [5.41, 5.74) is -0.422. The molecular formula is C12H23NO4S. The summed E-state index contributed by atoms with van der Waals surface area (Å²) in [5, 5.41) is -0.520. The van der Waals surface area contributed by atoms with Gasteiger partial charge in [-0.05, 0) is 34.6 Å². The molecule has 1 heterocycles. The van der Waals surface area contributed by atoms with E-state index in [1.165, 1.54) is 0 Å². The summed E-state index contributed by atoms with van der Waals surface area (Å²) in [6.07, 6.45) is -0.0699. The molecule has 1 aliphatic rings. The number of rotatable bonds is 3. The van der Waals surface area contributed by atoms with Crippen molar-refractivity contribution in [3.8, 4) is 0 Å². The highest BCUT2D eigenvalue weighted by Gasteiger charge is 2.35. The SMILES string of the molecule is CC1CN(C(=O)CS(=O)(=O)C(C)C)CC(C)(C)O1. The fourth-order valence-corrected chi connectivity index (χ4v) is 2.93. The van der Waals surface area contributed by atoms with Gasteiger partial charge < -0.3 is 9.64 Å². The van der Waals surface area contributed by atoms with Crippen molar-refractivity contribution in [2.24, 2.45) is 0 Å². The Morgan fingerprint density at radius 1 is 1.44 bits per heavy atom. The first-order valence-electron chi connectivity index (χ1n) is 6.21. The lowest BCUT2D eigenvalue weighted by Gasteiger charge is -2.41. The van der Waals surface area contributed by atoms with Crippen LogP contribution in [0.4, 0.5) is 0 Å². The van der Waals surface area contributed by atoms with Gasteiger partial charge in [-0.25, -0.2) is 8.42 Å². The molecule has 0 spiro atoms. The zero-order valence-electron chi connectivity index (χ0n) is 11.8. The van der Waals surface area contributed by atoms with E-state index in [1.807, 2.05) is 20.8 Å². The Bertz CT molecular complexity index is 414. The van der Waals surface area contributed by atoms with Crippen molar-refractivity contribution in [1.82, 2.24) is 4.90 Å². The van der Waals surface area contributed by atoms with Crippen molar-refractivity contribution in [1.29, 1.82) is 0 Å². The first-order chi connectivity index (χ1) is 8.03. The van der Waals surface area contributed by atoms with E-state index < -0.39 is 26.4 Å². The normalized spacial score (nSPS) is 24.3. The predicted molar refractivity (Wildman–Crippen MR) is 70.1 cm³/mol. The molecule has 0 N–H and O–H groups in total. The van der Waals surface area contributed by atoms with Crippen LogP contribution in [0, 0.1) is 0 Å². The van der Waals surface area contributed by atoms with E-state index in [9.17, 15) is 13.2 Å². The van der Waals surface area contributed by atoms with Gasteiger partial charge in [0.2, 0.25) is 5.91 Å². The van der Waals surface area contributed by atoms with E-state index in [1.54, 1.807) is 18.7 Å². The van der Waals surface area contributed by atoms with E-state index in [0.29, 0.717) is 13.1 Å². The molecular weight excluding hydrogens is 254 g/mol. The standard InChI is InChI=1S/C12H23NO4S/c1-9(2)18(15,16)7-11(14)13-6-10(3)17-12(4,5)8-13/h9-10H,6-8H2,1-5H3. The van der Waals surface area contributed by atoms with Crippen molar-refractivity contribution in [3.63, 3.8) is 0 Å². The maximum absolute atomic E-state index is 12.0. The fourth-order valence-electron chi connectivity index (χ4n) is 2.07. The Hall–Kier alpha value is -0.620. The maximum atomic E-state index is 12.0. The molecule has 5 nitrogen and oxygen atoms in total. The minimum absolute atomic E-state index is 0.0699. The number of hydrogen-bond donors (Lipinski definition) is 0. The second-order valence-electron chi connectivity index (χ2n) is 5.82. The molecule has 1 rings (SSSR count). The summed E-state index contributed by atoms with van der Waals surface area (Å²) in [6.45, 7) is 9.76. The Kier molecular flexibility index (Phi) is 4.43. The van der Waals surface area contributed by atoms with Crippen LogP contribution < -0.4 is 0 Å². The molecule has 1 amide bonds. The zero-order chi connectivity index (χ0) is 14.1. The topological polar surface area (TPSA) is 63.7 Å². The highest BCUT2D eigenvalue weighted by Crippen LogP contribution is 2.21. The van der Waals surface area contributed by atoms with Crippen molar-refractivity contribution in [3.05, 3.63) is 0 Å². The van der Waals surface area contributed by atoms with Crippen LogP contribution in [0.1, 0.15) is 34.6 Å². The zero-order valence-corrected chi connectivity index (χ0v) is 12.6. The smallest absolute Gasteiger partial charge is 0.237 e. The largest absolute Gasteiger partial charge is 0.369 e. The van der Waals surface area contributed by atoms with Crippen molar-refractivity contribution in [2.45, 2.75) is 51.6 Å². The fraction of sp³-hybridized carbons (Fsp3) is 0.917. The van der Waals surface area contributed by atoms with Gasteiger partial charge in [-0.2, -0.15) is 0 Å². The van der Waals surface area contributed by atoms with Gasteiger partial charge in [-0.15, -0.1) is 0 Å². The lowest BCUT2D eigenvalue weighted by atomic mass is 10.1. The third kappa shape index (κ3) is 3.95.